The molecule has 0 bridgehead atoms. The van der Waals surface area contributed by atoms with Gasteiger partial charge in [0.05, 0.1) is 19.2 Å². The van der Waals surface area contributed by atoms with Crippen LogP contribution in [0.4, 0.5) is 0 Å². The van der Waals surface area contributed by atoms with Crippen molar-refractivity contribution in [2.45, 2.75) is 19.3 Å². The number of rotatable bonds is 4. The van der Waals surface area contributed by atoms with Crippen molar-refractivity contribution >= 4 is 17.5 Å². The second-order valence-electron chi connectivity index (χ2n) is 4.68. The number of piperidine rings is 1. The molecule has 0 aromatic heterocycles. The third kappa shape index (κ3) is 3.35. The molecule has 0 atom stereocenters. The molecule has 6 heteroatoms. The van der Waals surface area contributed by atoms with Gasteiger partial charge >= 0.3 is 0 Å². The Kier molecular flexibility index (Phi) is 5.09. The van der Waals surface area contributed by atoms with Gasteiger partial charge in [0, 0.05) is 18.7 Å². The molecule has 1 aliphatic heterocycles. The molecule has 1 aliphatic rings. The second kappa shape index (κ2) is 6.81. The highest BCUT2D eigenvalue weighted by atomic mass is 35.5. The van der Waals surface area contributed by atoms with E-state index in [1.165, 1.54) is 20.6 Å². The maximum absolute atomic E-state index is 12.2. The van der Waals surface area contributed by atoms with Gasteiger partial charge in [-0.25, -0.2) is 5.01 Å². The van der Waals surface area contributed by atoms with Gasteiger partial charge in [0.15, 0.2) is 11.5 Å². The molecule has 1 aromatic carbocycles. The smallest absolute Gasteiger partial charge is 0.265 e. The number of nitrogens with one attached hydrogen (secondary N) is 1. The Bertz CT molecular complexity index is 488. The van der Waals surface area contributed by atoms with E-state index in [0.29, 0.717) is 22.1 Å². The van der Waals surface area contributed by atoms with E-state index in [0.717, 1.165) is 25.9 Å². The van der Waals surface area contributed by atoms with Crippen LogP contribution in [0.15, 0.2) is 12.1 Å². The van der Waals surface area contributed by atoms with Crippen LogP contribution in [-0.2, 0) is 0 Å². The second-order valence-corrected chi connectivity index (χ2v) is 5.09. The number of ether oxygens (including phenoxy) is 2. The van der Waals surface area contributed by atoms with Crippen LogP contribution < -0.4 is 14.9 Å². The summed E-state index contributed by atoms with van der Waals surface area (Å²) in [5, 5.41) is 2.30. The van der Waals surface area contributed by atoms with E-state index in [-0.39, 0.29) is 5.91 Å². The number of hydrogen-bond donors (Lipinski definition) is 1. The van der Waals surface area contributed by atoms with E-state index >= 15 is 0 Å². The molecular formula is C14H19ClN2O3. The Morgan fingerprint density at radius 1 is 1.20 bits per heavy atom. The zero-order valence-electron chi connectivity index (χ0n) is 11.7. The Hall–Kier alpha value is -1.46. The van der Waals surface area contributed by atoms with Crippen LogP contribution in [0.25, 0.3) is 0 Å². The Morgan fingerprint density at radius 2 is 1.90 bits per heavy atom. The molecule has 1 aromatic rings. The monoisotopic (exact) mass is 298 g/mol. The van der Waals surface area contributed by atoms with E-state index < -0.39 is 0 Å². The molecule has 1 fully saturated rings. The van der Waals surface area contributed by atoms with E-state index in [9.17, 15) is 4.79 Å². The van der Waals surface area contributed by atoms with Gasteiger partial charge in [0.1, 0.15) is 0 Å². The first kappa shape index (κ1) is 14.9. The molecule has 20 heavy (non-hydrogen) atoms. The highest BCUT2D eigenvalue weighted by molar-refractivity contribution is 6.32. The summed E-state index contributed by atoms with van der Waals surface area (Å²) in [7, 11) is 3.03. The van der Waals surface area contributed by atoms with Crippen LogP contribution in [0, 0.1) is 0 Å². The summed E-state index contributed by atoms with van der Waals surface area (Å²) >= 11 is 6.10. The molecule has 0 unspecified atom stereocenters. The van der Waals surface area contributed by atoms with E-state index in [1.807, 2.05) is 5.01 Å². The standard InChI is InChI=1S/C14H19ClN2O3/c1-19-12-9-10(8-11(15)13(12)20-2)14(18)16-17-6-4-3-5-7-17/h8-9H,3-7H2,1-2H3,(H,16,18). The molecule has 1 heterocycles. The minimum absolute atomic E-state index is 0.185. The first-order chi connectivity index (χ1) is 9.65. The molecule has 0 radical (unpaired) electrons. The van der Waals surface area contributed by atoms with Crippen molar-refractivity contribution in [1.29, 1.82) is 0 Å². The maximum Gasteiger partial charge on any atom is 0.265 e. The van der Waals surface area contributed by atoms with Gasteiger partial charge in [-0.1, -0.05) is 18.0 Å². The Morgan fingerprint density at radius 3 is 2.50 bits per heavy atom. The zero-order chi connectivity index (χ0) is 14.5. The Labute approximate surface area is 123 Å². The topological polar surface area (TPSA) is 50.8 Å². The minimum atomic E-state index is -0.185. The van der Waals surface area contributed by atoms with Gasteiger partial charge in [-0.15, -0.1) is 0 Å². The summed E-state index contributed by atoms with van der Waals surface area (Å²) in [4.78, 5) is 12.2. The molecule has 2 rings (SSSR count). The third-order valence-electron chi connectivity index (χ3n) is 3.31. The quantitative estimate of drug-likeness (QED) is 0.928. The fourth-order valence-electron chi connectivity index (χ4n) is 2.26. The molecule has 110 valence electrons. The zero-order valence-corrected chi connectivity index (χ0v) is 12.5. The number of amides is 1. The van der Waals surface area contributed by atoms with Crippen LogP contribution in [0.5, 0.6) is 11.5 Å². The lowest BCUT2D eigenvalue weighted by molar-refractivity contribution is 0.0749. The molecular weight excluding hydrogens is 280 g/mol. The van der Waals surface area contributed by atoms with Crippen LogP contribution in [0.1, 0.15) is 29.6 Å². The highest BCUT2D eigenvalue weighted by Gasteiger charge is 2.18. The first-order valence-corrected chi connectivity index (χ1v) is 7.01. The number of methoxy groups -OCH3 is 2. The highest BCUT2D eigenvalue weighted by Crippen LogP contribution is 2.35. The van der Waals surface area contributed by atoms with Crippen LogP contribution >= 0.6 is 11.6 Å². The summed E-state index contributed by atoms with van der Waals surface area (Å²) in [6, 6.07) is 3.21. The maximum atomic E-state index is 12.2. The number of hydrogen-bond acceptors (Lipinski definition) is 4. The molecule has 1 N–H and O–H groups in total. The number of halogens is 1. The molecule has 1 amide bonds. The summed E-state index contributed by atoms with van der Waals surface area (Å²) < 4.78 is 10.3. The van der Waals surface area contributed by atoms with Crippen molar-refractivity contribution < 1.29 is 14.3 Å². The van der Waals surface area contributed by atoms with Gasteiger partial charge in [-0.05, 0) is 25.0 Å². The van der Waals surface area contributed by atoms with Gasteiger partial charge in [0.2, 0.25) is 0 Å². The predicted octanol–water partition coefficient (Wildman–Crippen LogP) is 2.49. The van der Waals surface area contributed by atoms with Crippen LogP contribution in [-0.4, -0.2) is 38.2 Å². The van der Waals surface area contributed by atoms with Gasteiger partial charge in [0.25, 0.3) is 5.91 Å². The molecule has 5 nitrogen and oxygen atoms in total. The van der Waals surface area contributed by atoms with Crippen molar-refractivity contribution in [2.24, 2.45) is 0 Å². The lowest BCUT2D eigenvalue weighted by atomic mass is 10.1. The average Bonchev–Trinajstić information content (AvgIpc) is 2.47. The van der Waals surface area contributed by atoms with Crippen molar-refractivity contribution in [2.75, 3.05) is 27.3 Å². The summed E-state index contributed by atoms with van der Waals surface area (Å²) in [5.41, 5.74) is 3.35. The first-order valence-electron chi connectivity index (χ1n) is 6.63. The Balaban J connectivity index is 2.15. The minimum Gasteiger partial charge on any atom is -0.493 e. The van der Waals surface area contributed by atoms with Crippen LogP contribution in [0.2, 0.25) is 5.02 Å². The lowest BCUT2D eigenvalue weighted by Gasteiger charge is -2.26. The number of benzene rings is 1. The van der Waals surface area contributed by atoms with E-state index in [1.54, 1.807) is 12.1 Å². The van der Waals surface area contributed by atoms with Gasteiger partial charge in [-0.2, -0.15) is 0 Å². The molecule has 0 spiro atoms. The van der Waals surface area contributed by atoms with Gasteiger partial charge < -0.3 is 9.47 Å². The van der Waals surface area contributed by atoms with E-state index in [4.69, 9.17) is 21.1 Å². The van der Waals surface area contributed by atoms with Crippen molar-refractivity contribution in [3.63, 3.8) is 0 Å². The third-order valence-corrected chi connectivity index (χ3v) is 3.59. The van der Waals surface area contributed by atoms with Crippen LogP contribution in [0.3, 0.4) is 0 Å². The summed E-state index contributed by atoms with van der Waals surface area (Å²) in [6.07, 6.45) is 3.43. The predicted molar refractivity (Wildman–Crippen MR) is 77.4 cm³/mol. The van der Waals surface area contributed by atoms with Crippen molar-refractivity contribution in [3.8, 4) is 11.5 Å². The van der Waals surface area contributed by atoms with Crippen molar-refractivity contribution in [3.05, 3.63) is 22.7 Å². The number of hydrazine groups is 1. The van der Waals surface area contributed by atoms with Crippen molar-refractivity contribution in [1.82, 2.24) is 10.4 Å². The molecule has 0 aliphatic carbocycles. The molecule has 1 saturated heterocycles. The molecule has 0 saturated carbocycles. The number of nitrogens with zero attached hydrogens (tertiary/aromatic N) is 1. The largest absolute Gasteiger partial charge is 0.493 e. The normalized spacial score (nSPS) is 15.8. The fraction of sp³-hybridized carbons (Fsp3) is 0.500. The lowest BCUT2D eigenvalue weighted by Crippen LogP contribution is -2.45. The average molecular weight is 299 g/mol. The SMILES string of the molecule is COc1cc(C(=O)NN2CCCCC2)cc(Cl)c1OC. The van der Waals surface area contributed by atoms with E-state index in [2.05, 4.69) is 5.43 Å². The summed E-state index contributed by atoms with van der Waals surface area (Å²) in [6.45, 7) is 1.76. The van der Waals surface area contributed by atoms with Gasteiger partial charge in [-0.3, -0.25) is 10.2 Å². The number of carbonyl (C=O) groups is 1. The summed E-state index contributed by atoms with van der Waals surface area (Å²) in [5.74, 6) is 0.697. The fourth-order valence-corrected chi connectivity index (χ4v) is 2.55. The number of carbonyl (C=O) groups excluding carboxylic acids is 1.